The smallest absolute Gasteiger partial charge is 0.197 e. The number of rotatable bonds is 4. The summed E-state index contributed by atoms with van der Waals surface area (Å²) in [5.74, 6) is 0.536. The SMILES string of the molecule is Cn1c(Sc2ncnc3scc(-c4ccc(F)cc4)c23)nnc1-c1ccccc1. The third kappa shape index (κ3) is 3.30. The minimum Gasteiger partial charge on any atom is -0.305 e. The number of nitrogens with zero attached hydrogens (tertiary/aromatic N) is 5. The van der Waals surface area contributed by atoms with Crippen molar-refractivity contribution in [2.24, 2.45) is 7.05 Å². The van der Waals surface area contributed by atoms with Crippen LogP contribution in [0.25, 0.3) is 32.7 Å². The Kier molecular flexibility index (Phi) is 4.57. The highest BCUT2D eigenvalue weighted by atomic mass is 32.2. The molecule has 5 rings (SSSR count). The number of benzene rings is 2. The fraction of sp³-hybridized carbons (Fsp3) is 0.0476. The summed E-state index contributed by atoms with van der Waals surface area (Å²) in [6, 6.07) is 16.4. The van der Waals surface area contributed by atoms with Crippen molar-refractivity contribution in [3.05, 3.63) is 72.1 Å². The lowest BCUT2D eigenvalue weighted by atomic mass is 10.1. The van der Waals surface area contributed by atoms with Crippen molar-refractivity contribution in [1.29, 1.82) is 0 Å². The molecule has 0 radical (unpaired) electrons. The summed E-state index contributed by atoms with van der Waals surface area (Å²) in [6.45, 7) is 0. The molecule has 0 atom stereocenters. The first-order chi connectivity index (χ1) is 14.2. The molecule has 0 saturated heterocycles. The van der Waals surface area contributed by atoms with Gasteiger partial charge in [-0.1, -0.05) is 42.5 Å². The van der Waals surface area contributed by atoms with Gasteiger partial charge in [0.15, 0.2) is 11.0 Å². The minimum atomic E-state index is -0.258. The molecule has 0 unspecified atom stereocenters. The van der Waals surface area contributed by atoms with Crippen LogP contribution in [0.4, 0.5) is 4.39 Å². The van der Waals surface area contributed by atoms with Crippen LogP contribution in [0, 0.1) is 5.82 Å². The summed E-state index contributed by atoms with van der Waals surface area (Å²) >= 11 is 2.99. The average Bonchev–Trinajstić information content (AvgIpc) is 3.34. The predicted octanol–water partition coefficient (Wildman–Crippen LogP) is 5.44. The van der Waals surface area contributed by atoms with Crippen LogP contribution >= 0.6 is 23.1 Å². The van der Waals surface area contributed by atoms with Crippen molar-refractivity contribution in [2.75, 3.05) is 0 Å². The van der Waals surface area contributed by atoms with Crippen LogP contribution in [-0.2, 0) is 7.05 Å². The second kappa shape index (κ2) is 7.38. The molecule has 142 valence electrons. The van der Waals surface area contributed by atoms with Gasteiger partial charge in [-0.3, -0.25) is 0 Å². The Balaban J connectivity index is 1.57. The molecular formula is C21H14FN5S2. The first-order valence-electron chi connectivity index (χ1n) is 8.81. The topological polar surface area (TPSA) is 56.5 Å². The zero-order valence-corrected chi connectivity index (χ0v) is 16.9. The van der Waals surface area contributed by atoms with E-state index in [2.05, 4.69) is 20.2 Å². The highest BCUT2D eigenvalue weighted by molar-refractivity contribution is 7.99. The highest BCUT2D eigenvalue weighted by Gasteiger charge is 2.18. The molecule has 3 heterocycles. The number of fused-ring (bicyclic) bond motifs is 1. The van der Waals surface area contributed by atoms with Crippen LogP contribution < -0.4 is 0 Å². The molecule has 0 aliphatic carbocycles. The van der Waals surface area contributed by atoms with E-state index >= 15 is 0 Å². The Morgan fingerprint density at radius 2 is 1.72 bits per heavy atom. The lowest BCUT2D eigenvalue weighted by Gasteiger charge is -2.06. The van der Waals surface area contributed by atoms with Crippen LogP contribution in [0.3, 0.4) is 0 Å². The maximum Gasteiger partial charge on any atom is 0.197 e. The van der Waals surface area contributed by atoms with Gasteiger partial charge in [-0.15, -0.1) is 21.5 Å². The van der Waals surface area contributed by atoms with Crippen molar-refractivity contribution >= 4 is 33.3 Å². The van der Waals surface area contributed by atoms with E-state index in [1.165, 1.54) is 23.9 Å². The Bertz CT molecular complexity index is 1300. The Morgan fingerprint density at radius 3 is 2.52 bits per heavy atom. The maximum atomic E-state index is 13.4. The third-order valence-electron chi connectivity index (χ3n) is 4.55. The van der Waals surface area contributed by atoms with E-state index in [0.29, 0.717) is 0 Å². The number of halogens is 1. The van der Waals surface area contributed by atoms with E-state index < -0.39 is 0 Å². The summed E-state index contributed by atoms with van der Waals surface area (Å²) in [4.78, 5) is 9.79. The van der Waals surface area contributed by atoms with Crippen LogP contribution in [0.5, 0.6) is 0 Å². The second-order valence-electron chi connectivity index (χ2n) is 6.35. The number of aromatic nitrogens is 5. The van der Waals surface area contributed by atoms with Gasteiger partial charge in [-0.2, -0.15) is 0 Å². The van der Waals surface area contributed by atoms with Crippen molar-refractivity contribution in [2.45, 2.75) is 10.2 Å². The molecule has 5 nitrogen and oxygen atoms in total. The molecule has 0 fully saturated rings. The first kappa shape index (κ1) is 18.0. The minimum absolute atomic E-state index is 0.258. The average molecular weight is 420 g/mol. The van der Waals surface area contributed by atoms with Gasteiger partial charge in [0.2, 0.25) is 0 Å². The molecule has 0 saturated carbocycles. The standard InChI is InChI=1S/C21H14FN5S2/c1-27-18(14-5-3-2-4-6-14)25-26-21(27)29-20-17-16(11-28-19(17)23-12-24-20)13-7-9-15(22)10-8-13/h2-12H,1H3. The lowest BCUT2D eigenvalue weighted by molar-refractivity contribution is 0.628. The highest BCUT2D eigenvalue weighted by Crippen LogP contribution is 2.40. The molecule has 8 heteroatoms. The molecular weight excluding hydrogens is 405 g/mol. The molecule has 0 spiro atoms. The Hall–Kier alpha value is -3.10. The molecule has 0 N–H and O–H groups in total. The molecule has 2 aromatic carbocycles. The molecule has 0 bridgehead atoms. The maximum absolute atomic E-state index is 13.4. The van der Waals surface area contributed by atoms with Gasteiger partial charge >= 0.3 is 0 Å². The Morgan fingerprint density at radius 1 is 0.931 bits per heavy atom. The summed E-state index contributed by atoms with van der Waals surface area (Å²) in [6.07, 6.45) is 1.56. The summed E-state index contributed by atoms with van der Waals surface area (Å²) < 4.78 is 15.3. The summed E-state index contributed by atoms with van der Waals surface area (Å²) in [5.41, 5.74) is 2.92. The van der Waals surface area contributed by atoms with Crippen LogP contribution in [0.15, 0.2) is 76.5 Å². The molecule has 0 aliphatic heterocycles. The van der Waals surface area contributed by atoms with Gasteiger partial charge in [0.05, 0.1) is 5.39 Å². The molecule has 0 amide bonds. The van der Waals surface area contributed by atoms with Gasteiger partial charge in [0.25, 0.3) is 0 Å². The molecule has 3 aromatic heterocycles. The van der Waals surface area contributed by atoms with Crippen molar-refractivity contribution in [1.82, 2.24) is 24.7 Å². The van der Waals surface area contributed by atoms with E-state index in [0.717, 1.165) is 42.9 Å². The van der Waals surface area contributed by atoms with Crippen LogP contribution in [0.1, 0.15) is 0 Å². The van der Waals surface area contributed by atoms with E-state index in [4.69, 9.17) is 0 Å². The van der Waals surface area contributed by atoms with Crippen molar-refractivity contribution in [3.63, 3.8) is 0 Å². The Labute approximate surface area is 174 Å². The number of hydrogen-bond donors (Lipinski definition) is 0. The van der Waals surface area contributed by atoms with Gasteiger partial charge < -0.3 is 4.57 Å². The third-order valence-corrected chi connectivity index (χ3v) is 6.47. The predicted molar refractivity (Wildman–Crippen MR) is 113 cm³/mol. The van der Waals surface area contributed by atoms with Gasteiger partial charge in [-0.05, 0) is 29.5 Å². The van der Waals surface area contributed by atoms with Gasteiger partial charge in [-0.25, -0.2) is 14.4 Å². The van der Waals surface area contributed by atoms with Crippen LogP contribution in [-0.4, -0.2) is 24.7 Å². The summed E-state index contributed by atoms with van der Waals surface area (Å²) in [7, 11) is 1.94. The first-order valence-corrected chi connectivity index (χ1v) is 10.5. The largest absolute Gasteiger partial charge is 0.305 e. The quantitative estimate of drug-likeness (QED) is 0.363. The van der Waals surface area contributed by atoms with Crippen LogP contribution in [0.2, 0.25) is 0 Å². The monoisotopic (exact) mass is 419 g/mol. The number of thiophene rings is 1. The lowest BCUT2D eigenvalue weighted by Crippen LogP contribution is -1.95. The van der Waals surface area contributed by atoms with Crippen molar-refractivity contribution in [3.8, 4) is 22.5 Å². The summed E-state index contributed by atoms with van der Waals surface area (Å²) in [5, 5.41) is 13.2. The fourth-order valence-electron chi connectivity index (χ4n) is 3.10. The fourth-order valence-corrected chi connectivity index (χ4v) is 4.96. The van der Waals surface area contributed by atoms with E-state index in [9.17, 15) is 4.39 Å². The second-order valence-corrected chi connectivity index (χ2v) is 8.16. The van der Waals surface area contributed by atoms with Crippen molar-refractivity contribution < 1.29 is 4.39 Å². The number of hydrogen-bond acceptors (Lipinski definition) is 6. The van der Waals surface area contributed by atoms with E-state index in [1.807, 2.05) is 47.3 Å². The van der Waals surface area contributed by atoms with E-state index in [1.54, 1.807) is 29.8 Å². The molecule has 0 aliphatic rings. The van der Waals surface area contributed by atoms with Gasteiger partial charge in [0.1, 0.15) is 22.0 Å². The van der Waals surface area contributed by atoms with Gasteiger partial charge in [0, 0.05) is 23.6 Å². The van der Waals surface area contributed by atoms with E-state index in [-0.39, 0.29) is 5.82 Å². The zero-order valence-electron chi connectivity index (χ0n) is 15.3. The molecule has 5 aromatic rings. The normalized spacial score (nSPS) is 11.2. The molecule has 29 heavy (non-hydrogen) atoms. The zero-order chi connectivity index (χ0) is 19.8.